The number of aromatic nitrogens is 2. The topological polar surface area (TPSA) is 46.9 Å². The third-order valence-corrected chi connectivity index (χ3v) is 2.73. The quantitative estimate of drug-likeness (QED) is 0.865. The highest BCUT2D eigenvalue weighted by molar-refractivity contribution is 5.93. The summed E-state index contributed by atoms with van der Waals surface area (Å²) in [5, 5.41) is 6.40. The smallest absolute Gasteiger partial charge is 0.341 e. The first-order valence-corrected chi connectivity index (χ1v) is 6.29. The lowest BCUT2D eigenvalue weighted by atomic mass is 10.1. The maximum absolute atomic E-state index is 12.5. The van der Waals surface area contributed by atoms with E-state index >= 15 is 0 Å². The van der Waals surface area contributed by atoms with Gasteiger partial charge in [-0.05, 0) is 18.2 Å². The number of rotatable bonds is 2. The van der Waals surface area contributed by atoms with Crippen LogP contribution in [0.3, 0.4) is 0 Å². The summed E-state index contributed by atoms with van der Waals surface area (Å²) in [4.78, 5) is 11.7. The fourth-order valence-electron chi connectivity index (χ4n) is 1.68. The van der Waals surface area contributed by atoms with Crippen LogP contribution >= 0.6 is 0 Å². The van der Waals surface area contributed by atoms with Crippen molar-refractivity contribution >= 4 is 5.91 Å². The predicted molar refractivity (Wildman–Crippen MR) is 73.9 cm³/mol. The van der Waals surface area contributed by atoms with E-state index in [0.717, 1.165) is 12.1 Å². The van der Waals surface area contributed by atoms with Gasteiger partial charge >= 0.3 is 6.18 Å². The molecule has 4 nitrogen and oxygen atoms in total. The van der Waals surface area contributed by atoms with Gasteiger partial charge in [-0.15, -0.1) is 0 Å². The van der Waals surface area contributed by atoms with Gasteiger partial charge in [0.25, 0.3) is 5.91 Å². The second-order valence-electron chi connectivity index (χ2n) is 4.47. The van der Waals surface area contributed by atoms with Crippen LogP contribution in [-0.4, -0.2) is 22.2 Å². The van der Waals surface area contributed by atoms with Gasteiger partial charge < -0.3 is 5.32 Å². The Bertz CT molecular complexity index is 738. The summed E-state index contributed by atoms with van der Waals surface area (Å²) in [6, 6.07) is 4.72. The van der Waals surface area contributed by atoms with Crippen LogP contribution < -0.4 is 5.32 Å². The molecular formula is C15H12F3N3O. The van der Waals surface area contributed by atoms with Crippen molar-refractivity contribution in [3.05, 3.63) is 53.3 Å². The average Bonchev–Trinajstić information content (AvgIpc) is 2.89. The highest BCUT2D eigenvalue weighted by Gasteiger charge is 2.30. The first kappa shape index (κ1) is 15.6. The van der Waals surface area contributed by atoms with E-state index in [2.05, 4.69) is 22.3 Å². The minimum Gasteiger partial charge on any atom is -0.341 e. The van der Waals surface area contributed by atoms with E-state index in [0.29, 0.717) is 5.56 Å². The third kappa shape index (κ3) is 4.12. The summed E-state index contributed by atoms with van der Waals surface area (Å²) >= 11 is 0. The fourth-order valence-corrected chi connectivity index (χ4v) is 1.68. The molecule has 114 valence electrons. The van der Waals surface area contributed by atoms with Crippen LogP contribution in [0.15, 0.2) is 36.7 Å². The van der Waals surface area contributed by atoms with Crippen molar-refractivity contribution in [3.63, 3.8) is 0 Å². The van der Waals surface area contributed by atoms with E-state index in [-0.39, 0.29) is 18.0 Å². The zero-order valence-corrected chi connectivity index (χ0v) is 11.6. The van der Waals surface area contributed by atoms with Crippen molar-refractivity contribution in [2.75, 3.05) is 6.54 Å². The molecule has 0 bridgehead atoms. The van der Waals surface area contributed by atoms with Gasteiger partial charge in [0.15, 0.2) is 0 Å². The number of aryl methyl sites for hydroxylation is 1. The Morgan fingerprint density at radius 1 is 1.41 bits per heavy atom. The lowest BCUT2D eigenvalue weighted by Crippen LogP contribution is -2.23. The zero-order valence-electron chi connectivity index (χ0n) is 11.6. The summed E-state index contributed by atoms with van der Waals surface area (Å²) in [6.45, 7) is 0.0317. The highest BCUT2D eigenvalue weighted by Crippen LogP contribution is 2.29. The van der Waals surface area contributed by atoms with E-state index in [1.165, 1.54) is 23.0 Å². The molecule has 1 amide bonds. The van der Waals surface area contributed by atoms with Gasteiger partial charge in [-0.2, -0.15) is 18.3 Å². The molecule has 1 aromatic carbocycles. The van der Waals surface area contributed by atoms with E-state index in [1.807, 2.05) is 0 Å². The molecule has 7 heteroatoms. The molecule has 0 aliphatic rings. The molecule has 0 unspecified atom stereocenters. The Morgan fingerprint density at radius 2 is 2.18 bits per heavy atom. The van der Waals surface area contributed by atoms with Crippen molar-refractivity contribution in [2.45, 2.75) is 6.18 Å². The van der Waals surface area contributed by atoms with Crippen LogP contribution in [0.1, 0.15) is 21.5 Å². The van der Waals surface area contributed by atoms with E-state index in [1.54, 1.807) is 13.2 Å². The Balaban J connectivity index is 1.96. The van der Waals surface area contributed by atoms with Gasteiger partial charge in [-0.3, -0.25) is 9.48 Å². The fraction of sp³-hybridized carbons (Fsp3) is 0.200. The molecule has 1 aromatic heterocycles. The predicted octanol–water partition coefficient (Wildman–Crippen LogP) is 2.22. The number of nitrogens with one attached hydrogen (secondary N) is 1. The average molecular weight is 307 g/mol. The number of benzene rings is 1. The van der Waals surface area contributed by atoms with Crippen LogP contribution in [0.5, 0.6) is 0 Å². The zero-order chi connectivity index (χ0) is 16.2. The molecule has 0 aliphatic carbocycles. The second-order valence-corrected chi connectivity index (χ2v) is 4.47. The van der Waals surface area contributed by atoms with Crippen LogP contribution in [0.2, 0.25) is 0 Å². The van der Waals surface area contributed by atoms with Crippen molar-refractivity contribution in [2.24, 2.45) is 7.05 Å². The molecule has 0 spiro atoms. The summed E-state index contributed by atoms with van der Waals surface area (Å²) in [5.74, 6) is 4.85. The third-order valence-electron chi connectivity index (χ3n) is 2.73. The molecule has 22 heavy (non-hydrogen) atoms. The van der Waals surface area contributed by atoms with E-state index in [4.69, 9.17) is 0 Å². The molecule has 0 saturated carbocycles. The minimum absolute atomic E-state index is 0.0317. The first-order valence-electron chi connectivity index (χ1n) is 6.29. The number of carbonyl (C=O) groups excluding carboxylic acids is 1. The Labute approximate surface area is 124 Å². The minimum atomic E-state index is -4.40. The van der Waals surface area contributed by atoms with Crippen LogP contribution in [0, 0.1) is 11.8 Å². The second kappa shape index (κ2) is 6.35. The number of halogens is 3. The van der Waals surface area contributed by atoms with Gasteiger partial charge in [-0.1, -0.05) is 17.9 Å². The SMILES string of the molecule is Cn1cc(C(=O)NCC#Cc2cccc(C(F)(F)F)c2)cn1. The molecule has 1 heterocycles. The van der Waals surface area contributed by atoms with Crippen LogP contribution in [0.4, 0.5) is 13.2 Å². The largest absolute Gasteiger partial charge is 0.416 e. The molecule has 2 rings (SSSR count). The molecule has 0 saturated heterocycles. The summed E-state index contributed by atoms with van der Waals surface area (Å²) in [6.07, 6.45) is -1.43. The Hall–Kier alpha value is -2.75. The molecule has 0 atom stereocenters. The number of hydrogen-bond donors (Lipinski definition) is 1. The van der Waals surface area contributed by atoms with E-state index < -0.39 is 11.7 Å². The van der Waals surface area contributed by atoms with E-state index in [9.17, 15) is 18.0 Å². The molecular weight excluding hydrogens is 295 g/mol. The van der Waals surface area contributed by atoms with Crippen molar-refractivity contribution in [1.29, 1.82) is 0 Å². The number of nitrogens with zero attached hydrogens (tertiary/aromatic N) is 2. The van der Waals surface area contributed by atoms with Gasteiger partial charge in [0.2, 0.25) is 0 Å². The Kier molecular flexibility index (Phi) is 4.51. The maximum Gasteiger partial charge on any atom is 0.416 e. The lowest BCUT2D eigenvalue weighted by Gasteiger charge is -2.05. The van der Waals surface area contributed by atoms with Crippen molar-refractivity contribution in [3.8, 4) is 11.8 Å². The maximum atomic E-state index is 12.5. The highest BCUT2D eigenvalue weighted by atomic mass is 19.4. The summed E-state index contributed by atoms with van der Waals surface area (Å²) in [7, 11) is 1.68. The molecule has 2 aromatic rings. The first-order chi connectivity index (χ1) is 10.4. The molecule has 1 N–H and O–H groups in total. The normalized spacial score (nSPS) is 10.7. The lowest BCUT2D eigenvalue weighted by molar-refractivity contribution is -0.137. The molecule has 0 fully saturated rings. The van der Waals surface area contributed by atoms with Gasteiger partial charge in [0.1, 0.15) is 0 Å². The number of carbonyl (C=O) groups is 1. The monoisotopic (exact) mass is 307 g/mol. The number of hydrogen-bond acceptors (Lipinski definition) is 2. The van der Waals surface area contributed by atoms with Crippen LogP contribution in [-0.2, 0) is 13.2 Å². The molecule has 0 aliphatic heterocycles. The number of alkyl halides is 3. The van der Waals surface area contributed by atoms with Gasteiger partial charge in [0, 0.05) is 18.8 Å². The van der Waals surface area contributed by atoms with Gasteiger partial charge in [-0.25, -0.2) is 0 Å². The molecule has 0 radical (unpaired) electrons. The standard InChI is InChI=1S/C15H12F3N3O/c1-21-10-12(9-20-21)14(22)19-7-3-5-11-4-2-6-13(8-11)15(16,17)18/h2,4,6,8-10H,7H2,1H3,(H,19,22). The van der Waals surface area contributed by atoms with Crippen LogP contribution in [0.25, 0.3) is 0 Å². The summed E-state index contributed by atoms with van der Waals surface area (Å²) < 4.78 is 39.1. The van der Waals surface area contributed by atoms with Gasteiger partial charge in [0.05, 0.1) is 23.9 Å². The number of amides is 1. The van der Waals surface area contributed by atoms with Crippen molar-refractivity contribution in [1.82, 2.24) is 15.1 Å². The van der Waals surface area contributed by atoms with Crippen molar-refractivity contribution < 1.29 is 18.0 Å². The summed E-state index contributed by atoms with van der Waals surface area (Å²) in [5.41, 5.74) is -0.118. The Morgan fingerprint density at radius 3 is 2.82 bits per heavy atom.